The van der Waals surface area contributed by atoms with Crippen molar-refractivity contribution in [3.8, 4) is 5.69 Å². The Kier molecular flexibility index (Phi) is 7.70. The number of carboxylic acids is 1. The third-order valence-corrected chi connectivity index (χ3v) is 8.19. The van der Waals surface area contributed by atoms with Gasteiger partial charge in [-0.3, -0.25) is 14.4 Å². The highest BCUT2D eigenvalue weighted by atomic mass is 35.5. The lowest BCUT2D eigenvalue weighted by atomic mass is 9.86. The van der Waals surface area contributed by atoms with Crippen molar-refractivity contribution in [3.63, 3.8) is 0 Å². The van der Waals surface area contributed by atoms with Gasteiger partial charge in [0.05, 0.1) is 16.8 Å². The Bertz CT molecular complexity index is 1810. The number of carbonyl (C=O) groups excluding carboxylic acids is 3. The lowest BCUT2D eigenvalue weighted by molar-refractivity contribution is -0.124. The number of carbonyl (C=O) groups is 4. The molecule has 0 spiro atoms. The molecular formula is C31H25ClFN5O6. The highest BCUT2D eigenvalue weighted by Gasteiger charge is 2.40. The van der Waals surface area contributed by atoms with Crippen LogP contribution in [0.1, 0.15) is 50.0 Å². The van der Waals surface area contributed by atoms with Crippen LogP contribution in [0.25, 0.3) is 5.69 Å². The van der Waals surface area contributed by atoms with Crippen molar-refractivity contribution in [2.24, 2.45) is 0 Å². The molecule has 0 bridgehead atoms. The van der Waals surface area contributed by atoms with E-state index in [1.807, 2.05) is 0 Å². The van der Waals surface area contributed by atoms with Crippen LogP contribution in [0.4, 0.5) is 10.1 Å². The SMILES string of the molecule is O=C(O)c1ccc(CC(=O)C2c3cccc(N4CC[C@H](O)C4=O)c3CCN2C(=O)c2cn(-c3cccc(Cl)c3F)nn2)cc1. The number of aromatic nitrogens is 3. The van der Waals surface area contributed by atoms with Gasteiger partial charge in [0.1, 0.15) is 17.8 Å². The number of anilines is 1. The molecule has 0 saturated carbocycles. The maximum atomic E-state index is 14.6. The number of fused-ring (bicyclic) bond motifs is 1. The number of hydrogen-bond acceptors (Lipinski definition) is 7. The number of hydrogen-bond donors (Lipinski definition) is 2. The number of halogens is 2. The molecule has 4 aromatic rings. The van der Waals surface area contributed by atoms with Gasteiger partial charge in [0.15, 0.2) is 17.3 Å². The number of aliphatic hydroxyl groups is 1. The first kappa shape index (κ1) is 29.1. The van der Waals surface area contributed by atoms with E-state index in [4.69, 9.17) is 11.6 Å². The van der Waals surface area contributed by atoms with E-state index < -0.39 is 35.7 Å². The molecule has 3 aromatic carbocycles. The largest absolute Gasteiger partial charge is 0.478 e. The Morgan fingerprint density at radius 3 is 2.43 bits per heavy atom. The second kappa shape index (κ2) is 11.6. The summed E-state index contributed by atoms with van der Waals surface area (Å²) >= 11 is 5.91. The summed E-state index contributed by atoms with van der Waals surface area (Å²) in [6.07, 6.45) is 0.639. The fourth-order valence-corrected chi connectivity index (χ4v) is 5.90. The minimum atomic E-state index is -1.11. The summed E-state index contributed by atoms with van der Waals surface area (Å²) in [5, 5.41) is 27.1. The van der Waals surface area contributed by atoms with E-state index in [0.29, 0.717) is 35.3 Å². The summed E-state index contributed by atoms with van der Waals surface area (Å²) in [7, 11) is 0. The van der Waals surface area contributed by atoms with Crippen LogP contribution in [0.3, 0.4) is 0 Å². The van der Waals surface area contributed by atoms with E-state index in [0.717, 1.165) is 4.68 Å². The number of benzene rings is 3. The van der Waals surface area contributed by atoms with Crippen molar-refractivity contribution in [3.05, 3.63) is 106 Å². The van der Waals surface area contributed by atoms with Crippen LogP contribution in [-0.2, 0) is 22.4 Å². The minimum Gasteiger partial charge on any atom is -0.478 e. The van der Waals surface area contributed by atoms with Crippen molar-refractivity contribution in [2.45, 2.75) is 31.4 Å². The molecule has 11 nitrogen and oxygen atoms in total. The van der Waals surface area contributed by atoms with Crippen LogP contribution >= 0.6 is 11.6 Å². The number of aromatic carboxylic acids is 1. The Hall–Kier alpha value is -4.94. The molecule has 0 radical (unpaired) electrons. The summed E-state index contributed by atoms with van der Waals surface area (Å²) < 4.78 is 15.7. The molecule has 224 valence electrons. The lowest BCUT2D eigenvalue weighted by Crippen LogP contribution is -2.45. The van der Waals surface area contributed by atoms with Gasteiger partial charge in [0.2, 0.25) is 0 Å². The highest BCUT2D eigenvalue weighted by molar-refractivity contribution is 6.30. The Balaban J connectivity index is 1.37. The molecule has 2 N–H and O–H groups in total. The molecule has 6 rings (SSSR count). The van der Waals surface area contributed by atoms with Crippen LogP contribution in [0.2, 0.25) is 5.02 Å². The van der Waals surface area contributed by atoms with Crippen LogP contribution in [0.5, 0.6) is 0 Å². The summed E-state index contributed by atoms with van der Waals surface area (Å²) in [4.78, 5) is 54.8. The standard InChI is InChI=1S/C31H25ClFN5O6/c32-21-4-2-6-24(27(21)33)38-16-22(34-35-38)29(41)37-13-11-19-20(3-1-5-23(19)36-14-12-25(39)30(36)42)28(37)26(40)15-17-7-9-18(10-8-17)31(43)44/h1-10,16,25,28,39H,11-15H2,(H,43,44)/t25-,28?/m0/s1. The third-order valence-electron chi connectivity index (χ3n) is 7.90. The molecule has 44 heavy (non-hydrogen) atoms. The minimum absolute atomic E-state index is 0.00687. The average molecular weight is 618 g/mol. The van der Waals surface area contributed by atoms with Gasteiger partial charge in [-0.05, 0) is 53.4 Å². The topological polar surface area (TPSA) is 146 Å². The number of nitrogens with zero attached hydrogens (tertiary/aromatic N) is 5. The predicted molar refractivity (Wildman–Crippen MR) is 155 cm³/mol. The summed E-state index contributed by atoms with van der Waals surface area (Å²) in [5.41, 5.74) is 2.30. The van der Waals surface area contributed by atoms with E-state index in [9.17, 15) is 33.8 Å². The number of rotatable bonds is 7. The van der Waals surface area contributed by atoms with E-state index in [-0.39, 0.29) is 47.1 Å². The zero-order valence-corrected chi connectivity index (χ0v) is 23.8. The van der Waals surface area contributed by atoms with Gasteiger partial charge in [0, 0.05) is 31.6 Å². The molecule has 13 heteroatoms. The molecule has 1 saturated heterocycles. The second-order valence-electron chi connectivity index (χ2n) is 10.6. The van der Waals surface area contributed by atoms with E-state index in [1.165, 1.54) is 46.3 Å². The molecule has 1 unspecified atom stereocenters. The smallest absolute Gasteiger partial charge is 0.335 e. The first-order valence-corrected chi connectivity index (χ1v) is 14.2. The molecule has 0 aliphatic carbocycles. The average Bonchev–Trinajstić information content (AvgIpc) is 3.64. The predicted octanol–water partition coefficient (Wildman–Crippen LogP) is 3.41. The second-order valence-corrected chi connectivity index (χ2v) is 11.0. The third kappa shape index (κ3) is 5.22. The number of aliphatic hydroxyl groups excluding tert-OH is 1. The molecule has 2 aliphatic heterocycles. The fraction of sp³-hybridized carbons (Fsp3) is 0.226. The Morgan fingerprint density at radius 2 is 1.73 bits per heavy atom. The maximum absolute atomic E-state index is 14.6. The number of carboxylic acid groups (broad SMARTS) is 1. The van der Waals surface area contributed by atoms with Gasteiger partial charge in [-0.2, -0.15) is 0 Å². The van der Waals surface area contributed by atoms with Crippen molar-refractivity contribution >= 4 is 40.9 Å². The van der Waals surface area contributed by atoms with Crippen molar-refractivity contribution < 1.29 is 33.8 Å². The molecule has 1 aromatic heterocycles. The van der Waals surface area contributed by atoms with Crippen LogP contribution < -0.4 is 4.90 Å². The van der Waals surface area contributed by atoms with Crippen LogP contribution in [0, 0.1) is 5.82 Å². The number of ketones is 1. The van der Waals surface area contributed by atoms with Crippen LogP contribution in [-0.4, -0.2) is 72.9 Å². The molecular weight excluding hydrogens is 593 g/mol. The van der Waals surface area contributed by atoms with Gasteiger partial charge >= 0.3 is 5.97 Å². The zero-order valence-electron chi connectivity index (χ0n) is 23.1. The van der Waals surface area contributed by atoms with Gasteiger partial charge in [-0.15, -0.1) is 5.10 Å². The van der Waals surface area contributed by atoms with E-state index >= 15 is 0 Å². The highest BCUT2D eigenvalue weighted by Crippen LogP contribution is 2.38. The molecule has 1 fully saturated rings. The summed E-state index contributed by atoms with van der Waals surface area (Å²) in [6.45, 7) is 0.414. The summed E-state index contributed by atoms with van der Waals surface area (Å²) in [6, 6.07) is 14.3. The van der Waals surface area contributed by atoms with Crippen molar-refractivity contribution in [1.82, 2.24) is 19.9 Å². The van der Waals surface area contributed by atoms with Crippen molar-refractivity contribution in [2.75, 3.05) is 18.0 Å². The van der Waals surface area contributed by atoms with Gasteiger partial charge in [0.25, 0.3) is 11.8 Å². The molecule has 2 amide bonds. The quantitative estimate of drug-likeness (QED) is 0.321. The van der Waals surface area contributed by atoms with Gasteiger partial charge in [-0.1, -0.05) is 47.1 Å². The lowest BCUT2D eigenvalue weighted by Gasteiger charge is -2.37. The fourth-order valence-electron chi connectivity index (χ4n) is 5.73. The normalized spacial score (nSPS) is 17.9. The van der Waals surface area contributed by atoms with Crippen LogP contribution in [0.15, 0.2) is 66.9 Å². The van der Waals surface area contributed by atoms with E-state index in [2.05, 4.69) is 10.3 Å². The zero-order chi connectivity index (χ0) is 31.1. The first-order chi connectivity index (χ1) is 21.1. The number of Topliss-reactive ketones (excluding diaryl/α,β-unsaturated/α-hetero) is 1. The van der Waals surface area contributed by atoms with E-state index in [1.54, 1.807) is 30.3 Å². The number of amides is 2. The van der Waals surface area contributed by atoms with Gasteiger partial charge < -0.3 is 20.0 Å². The van der Waals surface area contributed by atoms with Gasteiger partial charge in [-0.25, -0.2) is 13.9 Å². The molecule has 3 heterocycles. The monoisotopic (exact) mass is 617 g/mol. The first-order valence-electron chi connectivity index (χ1n) is 13.8. The molecule has 2 aliphatic rings. The maximum Gasteiger partial charge on any atom is 0.335 e. The van der Waals surface area contributed by atoms with Crippen molar-refractivity contribution in [1.29, 1.82) is 0 Å². The summed E-state index contributed by atoms with van der Waals surface area (Å²) in [5.74, 6) is -3.22. The Morgan fingerprint density at radius 1 is 1.00 bits per heavy atom. The molecule has 2 atom stereocenters. The Labute approximate surface area is 255 Å².